The average Bonchev–Trinajstić information content (AvgIpc) is 2.76. The molecule has 3 aromatic carbocycles. The van der Waals surface area contributed by atoms with E-state index in [1.165, 1.54) is 36.0 Å². The summed E-state index contributed by atoms with van der Waals surface area (Å²) in [5, 5.41) is 12.0. The molecule has 0 spiro atoms. The van der Waals surface area contributed by atoms with Crippen molar-refractivity contribution >= 4 is 28.4 Å². The smallest absolute Gasteiger partial charge is 0.269 e. The van der Waals surface area contributed by atoms with E-state index >= 15 is 0 Å². The molecule has 0 fully saturated rings. The second kappa shape index (κ2) is 8.46. The molecule has 1 heterocycles. The van der Waals surface area contributed by atoms with Gasteiger partial charge in [-0.15, -0.1) is 0 Å². The second-order valence-corrected chi connectivity index (χ2v) is 7.59. The summed E-state index contributed by atoms with van der Waals surface area (Å²) in [4.78, 5) is 28.3. The minimum absolute atomic E-state index is 0.0169. The highest BCUT2D eigenvalue weighted by atomic mass is 32.2. The molecule has 0 aliphatic heterocycles. The lowest BCUT2D eigenvalue weighted by atomic mass is 10.2. The van der Waals surface area contributed by atoms with Gasteiger partial charge in [-0.05, 0) is 35.4 Å². The van der Waals surface area contributed by atoms with E-state index in [2.05, 4.69) is 4.98 Å². The van der Waals surface area contributed by atoms with Gasteiger partial charge in [0.05, 0.1) is 22.4 Å². The average molecular weight is 421 g/mol. The van der Waals surface area contributed by atoms with E-state index in [-0.39, 0.29) is 23.6 Å². The van der Waals surface area contributed by atoms with Crippen molar-refractivity contribution in [3.05, 3.63) is 110 Å². The standard InChI is InChI=1S/C22H16FN3O3S/c23-17-10-8-15(9-11-17)13-25-21(27)19-6-1-2-7-20(19)24-22(25)30-14-16-4-3-5-18(12-16)26(28)29/h1-12H,13-14H2. The van der Waals surface area contributed by atoms with Gasteiger partial charge < -0.3 is 0 Å². The van der Waals surface area contributed by atoms with Crippen molar-refractivity contribution in [2.75, 3.05) is 0 Å². The largest absolute Gasteiger partial charge is 0.283 e. The Morgan fingerprint density at radius 1 is 1.00 bits per heavy atom. The molecule has 0 aliphatic carbocycles. The van der Waals surface area contributed by atoms with Gasteiger partial charge in [0.1, 0.15) is 5.82 Å². The van der Waals surface area contributed by atoms with Crippen molar-refractivity contribution in [1.29, 1.82) is 0 Å². The van der Waals surface area contributed by atoms with Crippen LogP contribution in [0, 0.1) is 15.9 Å². The fourth-order valence-electron chi connectivity index (χ4n) is 3.08. The van der Waals surface area contributed by atoms with Crippen LogP contribution in [0.3, 0.4) is 0 Å². The number of non-ortho nitro benzene ring substituents is 1. The second-order valence-electron chi connectivity index (χ2n) is 6.64. The van der Waals surface area contributed by atoms with Gasteiger partial charge in [0.15, 0.2) is 5.16 Å². The van der Waals surface area contributed by atoms with Crippen LogP contribution in [-0.2, 0) is 12.3 Å². The van der Waals surface area contributed by atoms with E-state index in [9.17, 15) is 19.3 Å². The maximum Gasteiger partial charge on any atom is 0.269 e. The molecule has 0 saturated heterocycles. The summed E-state index contributed by atoms with van der Waals surface area (Å²) < 4.78 is 14.8. The molecule has 0 N–H and O–H groups in total. The molecular formula is C22H16FN3O3S. The highest BCUT2D eigenvalue weighted by Gasteiger charge is 2.13. The summed E-state index contributed by atoms with van der Waals surface area (Å²) in [5.41, 5.74) is 1.94. The molecule has 0 amide bonds. The number of nitrogens with zero attached hydrogens (tertiary/aromatic N) is 3. The number of fused-ring (bicyclic) bond motifs is 1. The Morgan fingerprint density at radius 3 is 2.53 bits per heavy atom. The van der Waals surface area contributed by atoms with E-state index in [1.54, 1.807) is 47.0 Å². The van der Waals surface area contributed by atoms with Crippen LogP contribution in [0.15, 0.2) is 82.7 Å². The Bertz CT molecular complexity index is 1290. The molecule has 0 aliphatic rings. The van der Waals surface area contributed by atoms with Gasteiger partial charge >= 0.3 is 0 Å². The normalized spacial score (nSPS) is 11.0. The molecule has 150 valence electrons. The summed E-state index contributed by atoms with van der Waals surface area (Å²) in [7, 11) is 0. The van der Waals surface area contributed by atoms with Gasteiger partial charge in [-0.1, -0.05) is 48.2 Å². The van der Waals surface area contributed by atoms with Gasteiger partial charge in [0.2, 0.25) is 0 Å². The molecule has 8 heteroatoms. The zero-order valence-electron chi connectivity index (χ0n) is 15.7. The first-order valence-corrected chi connectivity index (χ1v) is 10.1. The summed E-state index contributed by atoms with van der Waals surface area (Å²) in [6.07, 6.45) is 0. The molecule has 4 rings (SSSR count). The molecule has 0 atom stereocenters. The van der Waals surface area contributed by atoms with Crippen LogP contribution in [0.5, 0.6) is 0 Å². The van der Waals surface area contributed by atoms with Gasteiger partial charge in [-0.2, -0.15) is 0 Å². The van der Waals surface area contributed by atoms with Crippen LogP contribution < -0.4 is 5.56 Å². The van der Waals surface area contributed by atoms with Crippen LogP contribution in [0.4, 0.5) is 10.1 Å². The Balaban J connectivity index is 1.71. The third-order valence-corrected chi connectivity index (χ3v) is 5.62. The summed E-state index contributed by atoms with van der Waals surface area (Å²) in [6.45, 7) is 0.244. The highest BCUT2D eigenvalue weighted by molar-refractivity contribution is 7.98. The van der Waals surface area contributed by atoms with Crippen LogP contribution in [0.2, 0.25) is 0 Å². The van der Waals surface area contributed by atoms with Crippen molar-refractivity contribution in [2.24, 2.45) is 0 Å². The summed E-state index contributed by atoms with van der Waals surface area (Å²) in [6, 6.07) is 19.4. The first-order valence-electron chi connectivity index (χ1n) is 9.11. The van der Waals surface area contributed by atoms with Crippen LogP contribution in [0.1, 0.15) is 11.1 Å². The van der Waals surface area contributed by atoms with Gasteiger partial charge in [-0.25, -0.2) is 9.37 Å². The Kier molecular flexibility index (Phi) is 5.58. The fourth-order valence-corrected chi connectivity index (χ4v) is 4.02. The molecular weight excluding hydrogens is 405 g/mol. The van der Waals surface area contributed by atoms with E-state index in [0.717, 1.165) is 11.1 Å². The van der Waals surface area contributed by atoms with E-state index in [4.69, 9.17) is 0 Å². The number of halogens is 1. The van der Waals surface area contributed by atoms with Crippen LogP contribution >= 0.6 is 11.8 Å². The molecule has 0 unspecified atom stereocenters. The topological polar surface area (TPSA) is 78.0 Å². The van der Waals surface area contributed by atoms with Crippen LogP contribution in [-0.4, -0.2) is 14.5 Å². The van der Waals surface area contributed by atoms with Crippen LogP contribution in [0.25, 0.3) is 10.9 Å². The van der Waals surface area contributed by atoms with E-state index in [0.29, 0.717) is 21.8 Å². The summed E-state index contributed by atoms with van der Waals surface area (Å²) >= 11 is 1.33. The number of nitro benzene ring substituents is 1. The minimum atomic E-state index is -0.438. The zero-order valence-corrected chi connectivity index (χ0v) is 16.5. The number of benzene rings is 3. The maximum absolute atomic E-state index is 13.3. The lowest BCUT2D eigenvalue weighted by Gasteiger charge is -2.13. The fraction of sp³-hybridized carbons (Fsp3) is 0.0909. The molecule has 4 aromatic rings. The first kappa shape index (κ1) is 19.8. The first-order chi connectivity index (χ1) is 14.5. The third kappa shape index (κ3) is 4.23. The van der Waals surface area contributed by atoms with Crippen molar-refractivity contribution in [3.63, 3.8) is 0 Å². The lowest BCUT2D eigenvalue weighted by Crippen LogP contribution is -2.24. The number of rotatable bonds is 6. The summed E-state index contributed by atoms with van der Waals surface area (Å²) in [5.74, 6) is 0.0681. The molecule has 0 bridgehead atoms. The molecule has 0 radical (unpaired) electrons. The Hall–Kier alpha value is -3.52. The Morgan fingerprint density at radius 2 is 1.77 bits per heavy atom. The highest BCUT2D eigenvalue weighted by Crippen LogP contribution is 2.24. The number of para-hydroxylation sites is 1. The molecule has 1 aromatic heterocycles. The van der Waals surface area contributed by atoms with E-state index in [1.807, 2.05) is 6.07 Å². The van der Waals surface area contributed by atoms with Gasteiger partial charge in [-0.3, -0.25) is 19.5 Å². The van der Waals surface area contributed by atoms with Crippen molar-refractivity contribution in [2.45, 2.75) is 17.5 Å². The molecule has 30 heavy (non-hydrogen) atoms. The third-order valence-electron chi connectivity index (χ3n) is 4.57. The van der Waals surface area contributed by atoms with Crippen molar-refractivity contribution < 1.29 is 9.31 Å². The predicted molar refractivity (Wildman–Crippen MR) is 114 cm³/mol. The predicted octanol–water partition coefficient (Wildman–Crippen LogP) is 4.78. The van der Waals surface area contributed by atoms with Crippen molar-refractivity contribution in [3.8, 4) is 0 Å². The zero-order chi connectivity index (χ0) is 21.1. The number of hydrogen-bond donors (Lipinski definition) is 0. The van der Waals surface area contributed by atoms with Gasteiger partial charge in [0.25, 0.3) is 11.2 Å². The Labute approximate surface area is 175 Å². The number of nitro groups is 1. The SMILES string of the molecule is O=c1c2ccccc2nc(SCc2cccc([N+](=O)[O-])c2)n1Cc1ccc(F)cc1. The number of thioether (sulfide) groups is 1. The van der Waals surface area contributed by atoms with E-state index < -0.39 is 4.92 Å². The minimum Gasteiger partial charge on any atom is -0.283 e. The monoisotopic (exact) mass is 421 g/mol. The molecule has 6 nitrogen and oxygen atoms in total. The molecule has 0 saturated carbocycles. The number of aromatic nitrogens is 2. The van der Waals surface area contributed by atoms with Gasteiger partial charge in [0, 0.05) is 17.9 Å². The quantitative estimate of drug-likeness (QED) is 0.194. The number of hydrogen-bond acceptors (Lipinski definition) is 5. The van der Waals surface area contributed by atoms with Crippen molar-refractivity contribution in [1.82, 2.24) is 9.55 Å². The maximum atomic E-state index is 13.3. The lowest BCUT2D eigenvalue weighted by molar-refractivity contribution is -0.384.